The first-order valence-corrected chi connectivity index (χ1v) is 9.25. The van der Waals surface area contributed by atoms with Crippen molar-refractivity contribution in [1.29, 1.82) is 0 Å². The predicted octanol–water partition coefficient (Wildman–Crippen LogP) is 5.38. The standard InChI is InChI=1S/C21H17ClN2O3.CH2O2/c22-17-8-6-16(7-9-17)21(25)14-20(15-4-2-1-3-5-15)23-18-10-12-19(13-11-18)24(26)27;2-1-3/h1-13,20,23H,14H2;1H,(H,2,3). The minimum Gasteiger partial charge on any atom is -0.483 e. The summed E-state index contributed by atoms with van der Waals surface area (Å²) in [7, 11) is 0. The molecule has 8 heteroatoms. The van der Waals surface area contributed by atoms with E-state index in [-0.39, 0.29) is 30.4 Å². The topological polar surface area (TPSA) is 110 Å². The number of nitro groups is 1. The Bertz CT molecular complexity index is 977. The Morgan fingerprint density at radius 2 is 1.60 bits per heavy atom. The molecule has 0 aliphatic carbocycles. The molecular weight excluding hydrogens is 408 g/mol. The predicted molar refractivity (Wildman–Crippen MR) is 115 cm³/mol. The molecule has 3 rings (SSSR count). The van der Waals surface area contributed by atoms with E-state index in [9.17, 15) is 14.9 Å². The number of halogens is 1. The minimum absolute atomic E-state index is 0.0186. The molecule has 0 saturated heterocycles. The third-order valence-corrected chi connectivity index (χ3v) is 4.43. The Morgan fingerprint density at radius 3 is 2.13 bits per heavy atom. The van der Waals surface area contributed by atoms with Crippen molar-refractivity contribution in [3.05, 3.63) is 105 Å². The molecule has 0 aliphatic rings. The van der Waals surface area contributed by atoms with Crippen LogP contribution >= 0.6 is 11.6 Å². The van der Waals surface area contributed by atoms with Crippen LogP contribution in [0.5, 0.6) is 0 Å². The Hall–Kier alpha value is -3.71. The molecule has 7 nitrogen and oxygen atoms in total. The first kappa shape index (κ1) is 22.6. The van der Waals surface area contributed by atoms with E-state index >= 15 is 0 Å². The van der Waals surface area contributed by atoms with Gasteiger partial charge in [0.2, 0.25) is 0 Å². The number of ketones is 1. The molecule has 3 aromatic rings. The van der Waals surface area contributed by atoms with Gasteiger partial charge in [-0.2, -0.15) is 0 Å². The largest absolute Gasteiger partial charge is 0.483 e. The lowest BCUT2D eigenvalue weighted by Gasteiger charge is -2.20. The molecule has 0 radical (unpaired) electrons. The average molecular weight is 427 g/mol. The van der Waals surface area contributed by atoms with Crippen LogP contribution in [0.15, 0.2) is 78.9 Å². The number of non-ortho nitro benzene ring substituents is 1. The average Bonchev–Trinajstić information content (AvgIpc) is 2.75. The molecule has 0 aliphatic heterocycles. The molecule has 0 saturated carbocycles. The van der Waals surface area contributed by atoms with Crippen molar-refractivity contribution in [1.82, 2.24) is 0 Å². The second kappa shape index (κ2) is 11.3. The Kier molecular flexibility index (Phi) is 8.53. The molecule has 3 aromatic carbocycles. The summed E-state index contributed by atoms with van der Waals surface area (Å²) >= 11 is 5.89. The van der Waals surface area contributed by atoms with Crippen LogP contribution in [0.3, 0.4) is 0 Å². The lowest BCUT2D eigenvalue weighted by atomic mass is 9.97. The summed E-state index contributed by atoms with van der Waals surface area (Å²) in [5, 5.41) is 21.6. The Morgan fingerprint density at radius 1 is 1.03 bits per heavy atom. The Labute approximate surface area is 178 Å². The summed E-state index contributed by atoms with van der Waals surface area (Å²) in [6.07, 6.45) is 0.239. The van der Waals surface area contributed by atoms with Gasteiger partial charge in [0.1, 0.15) is 0 Å². The number of benzene rings is 3. The van der Waals surface area contributed by atoms with Gasteiger partial charge in [-0.25, -0.2) is 0 Å². The Balaban J connectivity index is 0.00000101. The highest BCUT2D eigenvalue weighted by atomic mass is 35.5. The van der Waals surface area contributed by atoms with Crippen molar-refractivity contribution in [2.45, 2.75) is 12.5 Å². The van der Waals surface area contributed by atoms with E-state index in [1.54, 1.807) is 36.4 Å². The van der Waals surface area contributed by atoms with Gasteiger partial charge in [0.15, 0.2) is 5.78 Å². The van der Waals surface area contributed by atoms with E-state index in [1.165, 1.54) is 12.1 Å². The van der Waals surface area contributed by atoms with Gasteiger partial charge >= 0.3 is 0 Å². The third kappa shape index (κ3) is 6.72. The van der Waals surface area contributed by atoms with Crippen LogP contribution in [-0.2, 0) is 4.79 Å². The number of anilines is 1. The van der Waals surface area contributed by atoms with Gasteiger partial charge in [-0.15, -0.1) is 0 Å². The fraction of sp³-hybridized carbons (Fsp3) is 0.0909. The molecule has 0 spiro atoms. The maximum atomic E-state index is 12.7. The minimum atomic E-state index is -0.442. The summed E-state index contributed by atoms with van der Waals surface area (Å²) in [6, 6.07) is 22.3. The summed E-state index contributed by atoms with van der Waals surface area (Å²) in [6.45, 7) is -0.250. The molecule has 154 valence electrons. The molecule has 0 heterocycles. The lowest BCUT2D eigenvalue weighted by molar-refractivity contribution is -0.384. The zero-order chi connectivity index (χ0) is 21.9. The summed E-state index contributed by atoms with van der Waals surface area (Å²) in [5.41, 5.74) is 2.27. The van der Waals surface area contributed by atoms with Crippen LogP contribution in [-0.4, -0.2) is 22.3 Å². The van der Waals surface area contributed by atoms with Gasteiger partial charge in [-0.05, 0) is 42.0 Å². The number of rotatable bonds is 7. The molecule has 0 amide bonds. The number of carbonyl (C=O) groups excluding carboxylic acids is 1. The maximum Gasteiger partial charge on any atom is 0.290 e. The highest BCUT2D eigenvalue weighted by Gasteiger charge is 2.18. The van der Waals surface area contributed by atoms with E-state index in [0.29, 0.717) is 16.3 Å². The highest BCUT2D eigenvalue weighted by molar-refractivity contribution is 6.30. The first-order chi connectivity index (χ1) is 14.4. The van der Waals surface area contributed by atoms with Crippen molar-refractivity contribution in [3.63, 3.8) is 0 Å². The third-order valence-electron chi connectivity index (χ3n) is 4.18. The van der Waals surface area contributed by atoms with Crippen molar-refractivity contribution in [3.8, 4) is 0 Å². The number of carbonyl (C=O) groups is 2. The van der Waals surface area contributed by atoms with Crippen LogP contribution < -0.4 is 5.32 Å². The molecule has 0 fully saturated rings. The van der Waals surface area contributed by atoms with Gasteiger partial charge in [-0.3, -0.25) is 19.7 Å². The molecule has 0 bridgehead atoms. The van der Waals surface area contributed by atoms with E-state index in [1.807, 2.05) is 30.3 Å². The van der Waals surface area contributed by atoms with Gasteiger partial charge in [-0.1, -0.05) is 41.9 Å². The van der Waals surface area contributed by atoms with Crippen LogP contribution in [0.25, 0.3) is 0 Å². The fourth-order valence-electron chi connectivity index (χ4n) is 2.76. The van der Waals surface area contributed by atoms with E-state index < -0.39 is 4.92 Å². The van der Waals surface area contributed by atoms with Crippen molar-refractivity contribution < 1.29 is 19.6 Å². The zero-order valence-electron chi connectivity index (χ0n) is 15.8. The van der Waals surface area contributed by atoms with E-state index in [2.05, 4.69) is 5.32 Å². The van der Waals surface area contributed by atoms with Gasteiger partial charge in [0, 0.05) is 34.8 Å². The molecule has 30 heavy (non-hydrogen) atoms. The monoisotopic (exact) mass is 426 g/mol. The number of hydrogen-bond donors (Lipinski definition) is 2. The first-order valence-electron chi connectivity index (χ1n) is 8.87. The van der Waals surface area contributed by atoms with Gasteiger partial charge < -0.3 is 10.4 Å². The highest BCUT2D eigenvalue weighted by Crippen LogP contribution is 2.26. The number of nitrogens with zero attached hydrogens (tertiary/aromatic N) is 1. The summed E-state index contributed by atoms with van der Waals surface area (Å²) < 4.78 is 0. The van der Waals surface area contributed by atoms with Gasteiger partial charge in [0.25, 0.3) is 12.2 Å². The maximum absolute atomic E-state index is 12.7. The van der Waals surface area contributed by atoms with E-state index in [4.69, 9.17) is 21.5 Å². The van der Waals surface area contributed by atoms with Crippen molar-refractivity contribution in [2.24, 2.45) is 0 Å². The summed E-state index contributed by atoms with van der Waals surface area (Å²) in [4.78, 5) is 31.4. The van der Waals surface area contributed by atoms with Crippen LogP contribution in [0.4, 0.5) is 11.4 Å². The SMILES string of the molecule is O=C(CC(Nc1ccc([N+](=O)[O-])cc1)c1ccccc1)c1ccc(Cl)cc1.O=CO. The fourth-order valence-corrected chi connectivity index (χ4v) is 2.88. The van der Waals surface area contributed by atoms with Crippen LogP contribution in [0, 0.1) is 10.1 Å². The molecule has 2 N–H and O–H groups in total. The molecule has 1 unspecified atom stereocenters. The molecular formula is C22H19ClN2O5. The lowest BCUT2D eigenvalue weighted by Crippen LogP contribution is -2.15. The number of nitro benzene ring substituents is 1. The quantitative estimate of drug-likeness (QED) is 0.227. The number of hydrogen-bond acceptors (Lipinski definition) is 5. The molecule has 1 atom stereocenters. The summed E-state index contributed by atoms with van der Waals surface area (Å²) in [5.74, 6) is -0.0186. The molecule has 0 aromatic heterocycles. The second-order valence-corrected chi connectivity index (χ2v) is 6.59. The van der Waals surface area contributed by atoms with Crippen molar-refractivity contribution >= 4 is 35.2 Å². The van der Waals surface area contributed by atoms with Crippen molar-refractivity contribution in [2.75, 3.05) is 5.32 Å². The number of Topliss-reactive ketones (excluding diaryl/α,β-unsaturated/α-hetero) is 1. The number of nitrogens with one attached hydrogen (secondary N) is 1. The van der Waals surface area contributed by atoms with Crippen LogP contribution in [0.1, 0.15) is 28.4 Å². The smallest absolute Gasteiger partial charge is 0.290 e. The number of carboxylic acid groups (broad SMARTS) is 1. The van der Waals surface area contributed by atoms with Gasteiger partial charge in [0.05, 0.1) is 11.0 Å². The zero-order valence-corrected chi connectivity index (χ0v) is 16.5. The second-order valence-electron chi connectivity index (χ2n) is 6.15. The van der Waals surface area contributed by atoms with Crippen LogP contribution in [0.2, 0.25) is 5.02 Å². The van der Waals surface area contributed by atoms with E-state index in [0.717, 1.165) is 5.56 Å². The normalized spacial score (nSPS) is 10.8.